The maximum absolute atomic E-state index is 10.5. The van der Waals surface area contributed by atoms with Crippen molar-refractivity contribution in [2.75, 3.05) is 13.2 Å². The Hall–Kier alpha value is -1.46. The first-order valence-electron chi connectivity index (χ1n) is 6.25. The van der Waals surface area contributed by atoms with Gasteiger partial charge in [-0.15, -0.1) is 0 Å². The third-order valence-electron chi connectivity index (χ3n) is 3.34. The predicted molar refractivity (Wildman–Crippen MR) is 68.6 cm³/mol. The lowest BCUT2D eigenvalue weighted by Crippen LogP contribution is -2.35. The molecule has 5 nitrogen and oxygen atoms in total. The van der Waals surface area contributed by atoms with Crippen LogP contribution in [0.25, 0.3) is 0 Å². The SMILES string of the molecule is CC1OCCC1NCCc1ccc([N+](=O)[O-])cc1. The Balaban J connectivity index is 1.78. The Morgan fingerprint density at radius 1 is 1.44 bits per heavy atom. The molecular formula is C13H18N2O3. The molecule has 0 saturated carbocycles. The second-order valence-electron chi connectivity index (χ2n) is 4.60. The molecule has 98 valence electrons. The van der Waals surface area contributed by atoms with Crippen LogP contribution in [0.5, 0.6) is 0 Å². The summed E-state index contributed by atoms with van der Waals surface area (Å²) in [5, 5.41) is 14.0. The largest absolute Gasteiger partial charge is 0.377 e. The summed E-state index contributed by atoms with van der Waals surface area (Å²) in [6, 6.07) is 7.17. The van der Waals surface area contributed by atoms with Gasteiger partial charge in [0.25, 0.3) is 5.69 Å². The normalized spacial score (nSPS) is 23.2. The van der Waals surface area contributed by atoms with E-state index in [0.717, 1.165) is 31.6 Å². The summed E-state index contributed by atoms with van der Waals surface area (Å²) in [6.45, 7) is 3.78. The number of nitrogens with one attached hydrogen (secondary N) is 1. The Labute approximate surface area is 106 Å². The van der Waals surface area contributed by atoms with Crippen molar-refractivity contribution in [1.82, 2.24) is 5.32 Å². The topological polar surface area (TPSA) is 64.4 Å². The highest BCUT2D eigenvalue weighted by atomic mass is 16.6. The predicted octanol–water partition coefficient (Wildman–Crippen LogP) is 1.90. The number of rotatable bonds is 5. The average molecular weight is 250 g/mol. The van der Waals surface area contributed by atoms with E-state index in [2.05, 4.69) is 12.2 Å². The minimum Gasteiger partial charge on any atom is -0.377 e. The van der Waals surface area contributed by atoms with Crippen molar-refractivity contribution in [1.29, 1.82) is 0 Å². The minimum absolute atomic E-state index is 0.143. The van der Waals surface area contributed by atoms with Crippen LogP contribution in [0.1, 0.15) is 18.9 Å². The third-order valence-corrected chi connectivity index (χ3v) is 3.34. The van der Waals surface area contributed by atoms with Crippen molar-refractivity contribution in [2.24, 2.45) is 0 Å². The fourth-order valence-electron chi connectivity index (χ4n) is 2.19. The van der Waals surface area contributed by atoms with Crippen molar-refractivity contribution in [3.05, 3.63) is 39.9 Å². The van der Waals surface area contributed by atoms with Crippen LogP contribution in [0, 0.1) is 10.1 Å². The molecule has 1 aromatic carbocycles. The Morgan fingerprint density at radius 3 is 2.72 bits per heavy atom. The van der Waals surface area contributed by atoms with Gasteiger partial charge in [-0.2, -0.15) is 0 Å². The van der Waals surface area contributed by atoms with Crippen LogP contribution in [0.3, 0.4) is 0 Å². The number of nitro benzene ring substituents is 1. The monoisotopic (exact) mass is 250 g/mol. The van der Waals surface area contributed by atoms with Gasteiger partial charge in [0.15, 0.2) is 0 Å². The van der Waals surface area contributed by atoms with E-state index in [1.165, 1.54) is 0 Å². The van der Waals surface area contributed by atoms with Gasteiger partial charge >= 0.3 is 0 Å². The van der Waals surface area contributed by atoms with Gasteiger partial charge in [-0.1, -0.05) is 12.1 Å². The van der Waals surface area contributed by atoms with Crippen molar-refractivity contribution in [3.63, 3.8) is 0 Å². The summed E-state index contributed by atoms with van der Waals surface area (Å²) < 4.78 is 5.47. The van der Waals surface area contributed by atoms with E-state index in [0.29, 0.717) is 6.04 Å². The standard InChI is InChI=1S/C13H18N2O3/c1-10-13(7-9-18-10)14-8-6-11-2-4-12(5-3-11)15(16)17/h2-5,10,13-14H,6-9H2,1H3. The molecule has 1 N–H and O–H groups in total. The molecule has 1 aliphatic heterocycles. The van der Waals surface area contributed by atoms with E-state index in [1.54, 1.807) is 12.1 Å². The second-order valence-corrected chi connectivity index (χ2v) is 4.60. The molecule has 2 rings (SSSR count). The molecule has 0 bridgehead atoms. The number of non-ortho nitro benzene ring substituents is 1. The van der Waals surface area contributed by atoms with Crippen LogP contribution in [0.15, 0.2) is 24.3 Å². The number of hydrogen-bond acceptors (Lipinski definition) is 4. The van der Waals surface area contributed by atoms with Gasteiger partial charge in [-0.3, -0.25) is 10.1 Å². The van der Waals surface area contributed by atoms with Crippen LogP contribution >= 0.6 is 0 Å². The van der Waals surface area contributed by atoms with Crippen molar-refractivity contribution >= 4 is 5.69 Å². The molecule has 0 radical (unpaired) electrons. The fraction of sp³-hybridized carbons (Fsp3) is 0.538. The second kappa shape index (κ2) is 5.93. The number of ether oxygens (including phenoxy) is 1. The zero-order chi connectivity index (χ0) is 13.0. The molecule has 1 aliphatic rings. The van der Waals surface area contributed by atoms with Crippen molar-refractivity contribution < 1.29 is 9.66 Å². The molecule has 5 heteroatoms. The Morgan fingerprint density at radius 2 is 2.17 bits per heavy atom. The average Bonchev–Trinajstić information content (AvgIpc) is 2.76. The van der Waals surface area contributed by atoms with E-state index in [1.807, 2.05) is 12.1 Å². The minimum atomic E-state index is -0.375. The first-order valence-corrected chi connectivity index (χ1v) is 6.25. The van der Waals surface area contributed by atoms with Gasteiger partial charge in [0.1, 0.15) is 0 Å². The molecule has 0 aromatic heterocycles. The van der Waals surface area contributed by atoms with E-state index in [9.17, 15) is 10.1 Å². The van der Waals surface area contributed by atoms with Crippen molar-refractivity contribution in [3.8, 4) is 0 Å². The van der Waals surface area contributed by atoms with Gasteiger partial charge in [-0.25, -0.2) is 0 Å². The molecule has 0 spiro atoms. The molecule has 18 heavy (non-hydrogen) atoms. The molecule has 2 atom stereocenters. The highest BCUT2D eigenvalue weighted by Crippen LogP contribution is 2.14. The molecule has 1 aromatic rings. The quantitative estimate of drug-likeness (QED) is 0.640. The molecule has 1 fully saturated rings. The van der Waals surface area contributed by atoms with E-state index in [-0.39, 0.29) is 16.7 Å². The van der Waals surface area contributed by atoms with Crippen LogP contribution in [-0.2, 0) is 11.2 Å². The number of nitrogens with zero attached hydrogens (tertiary/aromatic N) is 1. The lowest BCUT2D eigenvalue weighted by molar-refractivity contribution is -0.384. The molecule has 0 aliphatic carbocycles. The molecular weight excluding hydrogens is 232 g/mol. The first-order chi connectivity index (χ1) is 8.66. The summed E-state index contributed by atoms with van der Waals surface area (Å²) in [5.74, 6) is 0. The van der Waals surface area contributed by atoms with Crippen LogP contribution < -0.4 is 5.32 Å². The Bertz CT molecular complexity index is 405. The first kappa shape index (κ1) is 13.0. The number of hydrogen-bond donors (Lipinski definition) is 1. The van der Waals surface area contributed by atoms with E-state index in [4.69, 9.17) is 4.74 Å². The molecule has 1 heterocycles. The third kappa shape index (κ3) is 3.27. The van der Waals surface area contributed by atoms with Crippen molar-refractivity contribution in [2.45, 2.75) is 31.9 Å². The maximum atomic E-state index is 10.5. The van der Waals surface area contributed by atoms with Crippen LogP contribution in [0.4, 0.5) is 5.69 Å². The summed E-state index contributed by atoms with van der Waals surface area (Å²) >= 11 is 0. The number of benzene rings is 1. The van der Waals surface area contributed by atoms with Gasteiger partial charge in [-0.05, 0) is 31.9 Å². The van der Waals surface area contributed by atoms with Gasteiger partial charge in [0.2, 0.25) is 0 Å². The summed E-state index contributed by atoms with van der Waals surface area (Å²) in [6.07, 6.45) is 2.21. The zero-order valence-corrected chi connectivity index (χ0v) is 10.5. The van der Waals surface area contributed by atoms with Crippen LogP contribution in [0.2, 0.25) is 0 Å². The lowest BCUT2D eigenvalue weighted by atomic mass is 10.1. The highest BCUT2D eigenvalue weighted by molar-refractivity contribution is 5.32. The summed E-state index contributed by atoms with van der Waals surface area (Å²) in [4.78, 5) is 10.1. The zero-order valence-electron chi connectivity index (χ0n) is 10.5. The molecule has 0 amide bonds. The van der Waals surface area contributed by atoms with Gasteiger partial charge < -0.3 is 10.1 Å². The Kier molecular flexibility index (Phi) is 4.28. The number of nitro groups is 1. The van der Waals surface area contributed by atoms with Gasteiger partial charge in [0.05, 0.1) is 11.0 Å². The molecule has 1 saturated heterocycles. The summed E-state index contributed by atoms with van der Waals surface area (Å²) in [5.41, 5.74) is 1.25. The highest BCUT2D eigenvalue weighted by Gasteiger charge is 2.22. The van der Waals surface area contributed by atoms with E-state index < -0.39 is 0 Å². The molecule has 2 unspecified atom stereocenters. The van der Waals surface area contributed by atoms with Crippen LogP contribution in [-0.4, -0.2) is 30.2 Å². The lowest BCUT2D eigenvalue weighted by Gasteiger charge is -2.15. The maximum Gasteiger partial charge on any atom is 0.269 e. The fourth-order valence-corrected chi connectivity index (χ4v) is 2.19. The van der Waals surface area contributed by atoms with Gasteiger partial charge in [0, 0.05) is 24.8 Å². The van der Waals surface area contributed by atoms with E-state index >= 15 is 0 Å². The smallest absolute Gasteiger partial charge is 0.269 e. The summed E-state index contributed by atoms with van der Waals surface area (Å²) in [7, 11) is 0.